The first kappa shape index (κ1) is 14.2. The van der Waals surface area contributed by atoms with E-state index in [2.05, 4.69) is 20.3 Å². The Bertz CT molecular complexity index is 550. The fourth-order valence-corrected chi connectivity index (χ4v) is 1.60. The zero-order chi connectivity index (χ0) is 14.4. The minimum Gasteiger partial charge on any atom is -0.368 e. The van der Waals surface area contributed by atoms with Crippen molar-refractivity contribution in [3.8, 4) is 11.4 Å². The zero-order valence-electron chi connectivity index (χ0n) is 11.4. The van der Waals surface area contributed by atoms with Crippen molar-refractivity contribution in [2.75, 3.05) is 24.8 Å². The van der Waals surface area contributed by atoms with Crippen LogP contribution in [-0.4, -0.2) is 35.1 Å². The second kappa shape index (κ2) is 6.78. The molecule has 7 nitrogen and oxygen atoms in total. The van der Waals surface area contributed by atoms with Gasteiger partial charge in [0.05, 0.1) is 0 Å². The van der Waals surface area contributed by atoms with Crippen LogP contribution in [-0.2, 0) is 9.47 Å². The fourth-order valence-electron chi connectivity index (χ4n) is 1.60. The van der Waals surface area contributed by atoms with Gasteiger partial charge in [0.15, 0.2) is 5.82 Å². The lowest BCUT2D eigenvalue weighted by molar-refractivity contribution is -0.0999. The summed E-state index contributed by atoms with van der Waals surface area (Å²) in [6.45, 7) is 2.36. The Morgan fingerprint density at radius 3 is 2.60 bits per heavy atom. The number of hydrogen-bond acceptors (Lipinski definition) is 7. The molecule has 1 heterocycles. The van der Waals surface area contributed by atoms with Gasteiger partial charge < -0.3 is 20.5 Å². The van der Waals surface area contributed by atoms with Gasteiger partial charge in [-0.15, -0.1) is 0 Å². The third kappa shape index (κ3) is 3.62. The maximum absolute atomic E-state index is 5.70. The van der Waals surface area contributed by atoms with Crippen molar-refractivity contribution >= 4 is 11.9 Å². The highest BCUT2D eigenvalue weighted by Gasteiger charge is 2.11. The number of benzene rings is 1. The van der Waals surface area contributed by atoms with E-state index in [4.69, 9.17) is 15.2 Å². The summed E-state index contributed by atoms with van der Waals surface area (Å²) in [5.74, 6) is 0.927. The van der Waals surface area contributed by atoms with Crippen molar-refractivity contribution < 1.29 is 9.47 Å². The maximum atomic E-state index is 5.70. The fraction of sp³-hybridized carbons (Fsp3) is 0.308. The lowest BCUT2D eigenvalue weighted by Crippen LogP contribution is -2.26. The average molecular weight is 275 g/mol. The molecule has 0 saturated heterocycles. The van der Waals surface area contributed by atoms with Crippen LogP contribution in [0.3, 0.4) is 0 Å². The van der Waals surface area contributed by atoms with Gasteiger partial charge in [-0.1, -0.05) is 30.3 Å². The minimum absolute atomic E-state index is 0.132. The summed E-state index contributed by atoms with van der Waals surface area (Å²) >= 11 is 0. The summed E-state index contributed by atoms with van der Waals surface area (Å²) in [7, 11) is 1.52. The maximum Gasteiger partial charge on any atom is 0.240 e. The van der Waals surface area contributed by atoms with Crippen LogP contribution < -0.4 is 11.1 Å². The summed E-state index contributed by atoms with van der Waals surface area (Å²) in [5.41, 5.74) is 6.56. The molecule has 1 aromatic carbocycles. The monoisotopic (exact) mass is 275 g/mol. The molecule has 7 heteroatoms. The molecule has 0 bridgehead atoms. The normalized spacial score (nSPS) is 12.1. The topological polar surface area (TPSA) is 95.2 Å². The summed E-state index contributed by atoms with van der Waals surface area (Å²) < 4.78 is 10.4. The highest BCUT2D eigenvalue weighted by atomic mass is 16.7. The molecule has 0 fully saturated rings. The summed E-state index contributed by atoms with van der Waals surface area (Å²) in [4.78, 5) is 12.4. The Morgan fingerprint density at radius 2 is 1.95 bits per heavy atom. The second-order valence-electron chi connectivity index (χ2n) is 3.87. The van der Waals surface area contributed by atoms with E-state index in [-0.39, 0.29) is 5.95 Å². The number of hydrogen-bond donors (Lipinski definition) is 2. The molecule has 3 N–H and O–H groups in total. The first-order chi connectivity index (χ1) is 9.72. The van der Waals surface area contributed by atoms with Gasteiger partial charge in [-0.05, 0) is 6.92 Å². The summed E-state index contributed by atoms with van der Waals surface area (Å²) in [6.07, 6.45) is -0.634. The third-order valence-electron chi connectivity index (χ3n) is 2.46. The van der Waals surface area contributed by atoms with Crippen molar-refractivity contribution in [2.45, 2.75) is 13.3 Å². The first-order valence-corrected chi connectivity index (χ1v) is 6.21. The zero-order valence-corrected chi connectivity index (χ0v) is 11.4. The molecule has 0 aliphatic heterocycles. The molecule has 106 valence electrons. The molecular formula is C13H17N5O2. The lowest BCUT2D eigenvalue weighted by atomic mass is 10.2. The van der Waals surface area contributed by atoms with Gasteiger partial charge in [0.1, 0.15) is 0 Å². The molecule has 0 amide bonds. The van der Waals surface area contributed by atoms with Gasteiger partial charge >= 0.3 is 0 Å². The Hall–Kier alpha value is -2.25. The van der Waals surface area contributed by atoms with E-state index < -0.39 is 6.41 Å². The largest absolute Gasteiger partial charge is 0.368 e. The van der Waals surface area contributed by atoms with Crippen molar-refractivity contribution in [1.82, 2.24) is 15.0 Å². The highest BCUT2D eigenvalue weighted by Crippen LogP contribution is 2.16. The highest BCUT2D eigenvalue weighted by molar-refractivity contribution is 5.57. The van der Waals surface area contributed by atoms with Crippen molar-refractivity contribution in [2.24, 2.45) is 0 Å². The van der Waals surface area contributed by atoms with Crippen molar-refractivity contribution in [3.63, 3.8) is 0 Å². The number of nitrogen functional groups attached to an aromatic ring is 1. The molecule has 2 rings (SSSR count). The Labute approximate surface area is 117 Å². The molecule has 0 aliphatic rings. The van der Waals surface area contributed by atoms with E-state index in [0.717, 1.165) is 5.56 Å². The van der Waals surface area contributed by atoms with E-state index >= 15 is 0 Å². The van der Waals surface area contributed by atoms with Gasteiger partial charge in [-0.3, -0.25) is 0 Å². The standard InChI is InChI=1S/C13H17N5O2/c1-3-20-13(19-2)18-12-16-10(15-11(14)17-12)9-7-5-4-6-8-9/h4-8,13H,3H2,1-2H3,(H3,14,15,16,17,18). The van der Waals surface area contributed by atoms with Crippen LogP contribution in [0.2, 0.25) is 0 Å². The number of ether oxygens (including phenoxy) is 2. The molecule has 0 radical (unpaired) electrons. The van der Waals surface area contributed by atoms with Crippen LogP contribution in [0.5, 0.6) is 0 Å². The number of anilines is 2. The average Bonchev–Trinajstić information content (AvgIpc) is 2.47. The molecular weight excluding hydrogens is 258 g/mol. The number of nitrogens with two attached hydrogens (primary N) is 1. The van der Waals surface area contributed by atoms with E-state index in [1.165, 1.54) is 7.11 Å². The SMILES string of the molecule is CCOC(Nc1nc(N)nc(-c2ccccc2)n1)OC. The third-order valence-corrected chi connectivity index (χ3v) is 2.46. The van der Waals surface area contributed by atoms with Crippen LogP contribution >= 0.6 is 0 Å². The van der Waals surface area contributed by atoms with Gasteiger partial charge in [0.2, 0.25) is 18.3 Å². The Kier molecular flexibility index (Phi) is 4.80. The van der Waals surface area contributed by atoms with Gasteiger partial charge in [0, 0.05) is 19.3 Å². The quantitative estimate of drug-likeness (QED) is 0.771. The van der Waals surface area contributed by atoms with Gasteiger partial charge in [-0.2, -0.15) is 15.0 Å². The van der Waals surface area contributed by atoms with Gasteiger partial charge in [-0.25, -0.2) is 0 Å². The van der Waals surface area contributed by atoms with Crippen LogP contribution in [0.4, 0.5) is 11.9 Å². The van der Waals surface area contributed by atoms with E-state index in [9.17, 15) is 0 Å². The van der Waals surface area contributed by atoms with Crippen LogP contribution in [0, 0.1) is 0 Å². The molecule has 0 saturated carbocycles. The van der Waals surface area contributed by atoms with Crippen molar-refractivity contribution in [3.05, 3.63) is 30.3 Å². The predicted octanol–water partition coefficient (Wildman–Crippen LogP) is 1.50. The number of nitrogens with one attached hydrogen (secondary N) is 1. The second-order valence-corrected chi connectivity index (χ2v) is 3.87. The smallest absolute Gasteiger partial charge is 0.240 e. The molecule has 1 atom stereocenters. The number of aromatic nitrogens is 3. The van der Waals surface area contributed by atoms with E-state index in [1.807, 2.05) is 37.3 Å². The first-order valence-electron chi connectivity index (χ1n) is 6.21. The molecule has 1 unspecified atom stereocenters. The Morgan fingerprint density at radius 1 is 1.20 bits per heavy atom. The van der Waals surface area contributed by atoms with Crippen LogP contribution in [0.25, 0.3) is 11.4 Å². The van der Waals surface area contributed by atoms with Crippen LogP contribution in [0.15, 0.2) is 30.3 Å². The van der Waals surface area contributed by atoms with E-state index in [0.29, 0.717) is 18.4 Å². The lowest BCUT2D eigenvalue weighted by Gasteiger charge is -2.16. The number of methoxy groups -OCH3 is 1. The predicted molar refractivity (Wildman–Crippen MR) is 75.7 cm³/mol. The Balaban J connectivity index is 2.25. The molecule has 0 aliphatic carbocycles. The molecule has 0 spiro atoms. The van der Waals surface area contributed by atoms with Crippen LogP contribution in [0.1, 0.15) is 6.92 Å². The number of rotatable bonds is 6. The minimum atomic E-state index is -0.634. The molecule has 20 heavy (non-hydrogen) atoms. The van der Waals surface area contributed by atoms with Crippen molar-refractivity contribution in [1.29, 1.82) is 0 Å². The molecule has 2 aromatic rings. The molecule has 1 aromatic heterocycles. The summed E-state index contributed by atoms with van der Waals surface area (Å²) in [6, 6.07) is 9.52. The van der Waals surface area contributed by atoms with E-state index in [1.54, 1.807) is 0 Å². The number of nitrogens with zero attached hydrogens (tertiary/aromatic N) is 3. The van der Waals surface area contributed by atoms with Gasteiger partial charge in [0.25, 0.3) is 0 Å². The summed E-state index contributed by atoms with van der Waals surface area (Å²) in [5, 5.41) is 2.89.